The first-order valence-electron chi connectivity index (χ1n) is 6.21. The lowest BCUT2D eigenvalue weighted by molar-refractivity contribution is -0.115. The van der Waals surface area contributed by atoms with Gasteiger partial charge in [-0.05, 0) is 23.6 Å². The van der Waals surface area contributed by atoms with E-state index < -0.39 is 17.5 Å². The molecule has 0 aliphatic carbocycles. The zero-order chi connectivity index (χ0) is 15.5. The summed E-state index contributed by atoms with van der Waals surface area (Å²) in [6.45, 7) is 0. The van der Waals surface area contributed by atoms with Crippen LogP contribution >= 0.6 is 11.3 Å². The first kappa shape index (κ1) is 14.3. The van der Waals surface area contributed by atoms with Crippen molar-refractivity contribution < 1.29 is 18.0 Å². The third kappa shape index (κ3) is 3.34. The smallest absolute Gasteiger partial charge is 0.248 e. The molecule has 1 aromatic carbocycles. The van der Waals surface area contributed by atoms with Gasteiger partial charge >= 0.3 is 0 Å². The molecule has 0 spiro atoms. The summed E-state index contributed by atoms with van der Waals surface area (Å²) in [6.07, 6.45) is -0.185. The van der Waals surface area contributed by atoms with Crippen molar-refractivity contribution in [1.82, 2.24) is 10.2 Å². The van der Waals surface area contributed by atoms with E-state index in [1.54, 1.807) is 0 Å². The Labute approximate surface area is 127 Å². The van der Waals surface area contributed by atoms with Gasteiger partial charge in [0, 0.05) is 22.7 Å². The number of nitrogens with one attached hydrogen (secondary N) is 1. The maximum Gasteiger partial charge on any atom is 0.248 e. The average Bonchev–Trinajstić information content (AvgIpc) is 3.07. The van der Waals surface area contributed by atoms with Gasteiger partial charge in [-0.2, -0.15) is 11.3 Å². The van der Waals surface area contributed by atoms with Crippen LogP contribution in [0.15, 0.2) is 39.4 Å². The molecule has 5 nitrogen and oxygen atoms in total. The highest BCUT2D eigenvalue weighted by Gasteiger charge is 2.13. The summed E-state index contributed by atoms with van der Waals surface area (Å²) < 4.78 is 31.4. The van der Waals surface area contributed by atoms with Crippen molar-refractivity contribution in [2.45, 2.75) is 6.42 Å². The molecule has 8 heteroatoms. The Balaban J connectivity index is 1.67. The summed E-state index contributed by atoms with van der Waals surface area (Å²) in [5, 5.41) is 13.7. The summed E-state index contributed by atoms with van der Waals surface area (Å²) in [5.41, 5.74) is 0.802. The highest BCUT2D eigenvalue weighted by molar-refractivity contribution is 7.08. The van der Waals surface area contributed by atoms with E-state index in [-0.39, 0.29) is 18.0 Å². The van der Waals surface area contributed by atoms with Crippen molar-refractivity contribution >= 4 is 22.9 Å². The summed E-state index contributed by atoms with van der Waals surface area (Å²) in [4.78, 5) is 11.8. The minimum Gasteiger partial charge on any atom is -0.420 e. The van der Waals surface area contributed by atoms with Crippen LogP contribution in [0, 0.1) is 11.6 Å². The summed E-state index contributed by atoms with van der Waals surface area (Å²) in [5.74, 6) is -1.61. The van der Waals surface area contributed by atoms with E-state index in [9.17, 15) is 13.6 Å². The van der Waals surface area contributed by atoms with Gasteiger partial charge in [-0.3, -0.25) is 4.79 Å². The number of nitrogens with zero attached hydrogens (tertiary/aromatic N) is 2. The molecular weight excluding hydrogens is 312 g/mol. The Morgan fingerprint density at radius 1 is 1.23 bits per heavy atom. The lowest BCUT2D eigenvalue weighted by Gasteiger charge is -2.03. The molecule has 2 heterocycles. The Kier molecular flexibility index (Phi) is 3.92. The fourth-order valence-electron chi connectivity index (χ4n) is 1.80. The predicted molar refractivity (Wildman–Crippen MR) is 76.3 cm³/mol. The number of anilines is 1. The van der Waals surface area contributed by atoms with Crippen molar-refractivity contribution in [3.8, 4) is 11.5 Å². The molecule has 0 fully saturated rings. The number of thiophene rings is 1. The molecule has 1 amide bonds. The summed E-state index contributed by atoms with van der Waals surface area (Å²) in [7, 11) is 0. The van der Waals surface area contributed by atoms with E-state index in [0.717, 1.165) is 23.8 Å². The zero-order valence-corrected chi connectivity index (χ0v) is 11.9. The maximum atomic E-state index is 13.0. The second-order valence-electron chi connectivity index (χ2n) is 4.40. The van der Waals surface area contributed by atoms with E-state index >= 15 is 0 Å². The standard InChI is InChI=1S/C14H9F2N3O2S/c15-9-3-10(16)5-11(4-9)17-12(20)6-13-18-19-14(21-13)8-1-2-22-7-8/h1-5,7H,6H2,(H,17,20). The molecular formula is C14H9F2N3O2S. The number of aromatic nitrogens is 2. The number of carbonyl (C=O) groups excluding carboxylic acids is 1. The minimum absolute atomic E-state index is 0.0278. The van der Waals surface area contributed by atoms with Gasteiger partial charge in [0.2, 0.25) is 17.7 Å². The van der Waals surface area contributed by atoms with Crippen molar-refractivity contribution in [3.05, 3.63) is 52.6 Å². The predicted octanol–water partition coefficient (Wildman–Crippen LogP) is 3.26. The lowest BCUT2D eigenvalue weighted by atomic mass is 10.3. The molecule has 0 saturated carbocycles. The summed E-state index contributed by atoms with van der Waals surface area (Å²) >= 11 is 1.48. The van der Waals surface area contributed by atoms with Gasteiger partial charge in [0.05, 0.1) is 0 Å². The van der Waals surface area contributed by atoms with E-state index in [2.05, 4.69) is 15.5 Å². The second kappa shape index (κ2) is 6.02. The van der Waals surface area contributed by atoms with E-state index in [0.29, 0.717) is 5.89 Å². The Hall–Kier alpha value is -2.61. The monoisotopic (exact) mass is 321 g/mol. The van der Waals surface area contributed by atoms with Crippen molar-refractivity contribution in [2.75, 3.05) is 5.32 Å². The highest BCUT2D eigenvalue weighted by atomic mass is 32.1. The quantitative estimate of drug-likeness (QED) is 0.801. The molecule has 112 valence electrons. The molecule has 0 atom stereocenters. The van der Waals surface area contributed by atoms with Gasteiger partial charge < -0.3 is 9.73 Å². The molecule has 0 aliphatic rings. The lowest BCUT2D eigenvalue weighted by Crippen LogP contribution is -2.14. The van der Waals surface area contributed by atoms with Crippen LogP contribution in [-0.4, -0.2) is 16.1 Å². The molecule has 0 unspecified atom stereocenters. The van der Waals surface area contributed by atoms with Gasteiger partial charge in [-0.25, -0.2) is 8.78 Å². The number of hydrogen-bond acceptors (Lipinski definition) is 5. The minimum atomic E-state index is -0.771. The first-order chi connectivity index (χ1) is 10.6. The number of amides is 1. The van der Waals surface area contributed by atoms with E-state index in [1.807, 2.05) is 16.8 Å². The van der Waals surface area contributed by atoms with Gasteiger partial charge in [0.15, 0.2) is 0 Å². The number of hydrogen-bond donors (Lipinski definition) is 1. The van der Waals surface area contributed by atoms with Gasteiger partial charge in [0.1, 0.15) is 18.1 Å². The molecule has 0 radical (unpaired) electrons. The van der Waals surface area contributed by atoms with Crippen LogP contribution in [0.5, 0.6) is 0 Å². The fraction of sp³-hybridized carbons (Fsp3) is 0.0714. The maximum absolute atomic E-state index is 13.0. The van der Waals surface area contributed by atoms with E-state index in [4.69, 9.17) is 4.42 Å². The molecule has 22 heavy (non-hydrogen) atoms. The molecule has 0 bridgehead atoms. The van der Waals surface area contributed by atoms with Crippen LogP contribution in [0.2, 0.25) is 0 Å². The van der Waals surface area contributed by atoms with Crippen LogP contribution in [-0.2, 0) is 11.2 Å². The average molecular weight is 321 g/mol. The second-order valence-corrected chi connectivity index (χ2v) is 5.18. The van der Waals surface area contributed by atoms with Gasteiger partial charge in [-0.15, -0.1) is 10.2 Å². The first-order valence-corrected chi connectivity index (χ1v) is 7.15. The normalized spacial score (nSPS) is 10.6. The van der Waals surface area contributed by atoms with Gasteiger partial charge in [-0.1, -0.05) is 0 Å². The SMILES string of the molecule is O=C(Cc1nnc(-c2ccsc2)o1)Nc1cc(F)cc(F)c1. The van der Waals surface area contributed by atoms with Crippen LogP contribution in [0.3, 0.4) is 0 Å². The molecule has 3 rings (SSSR count). The van der Waals surface area contributed by atoms with Crippen LogP contribution in [0.1, 0.15) is 5.89 Å². The van der Waals surface area contributed by atoms with Crippen molar-refractivity contribution in [3.63, 3.8) is 0 Å². The number of carbonyl (C=O) groups is 1. The molecule has 3 aromatic rings. The fourth-order valence-corrected chi connectivity index (χ4v) is 2.43. The molecule has 2 aromatic heterocycles. The van der Waals surface area contributed by atoms with Crippen LogP contribution in [0.4, 0.5) is 14.5 Å². The third-order valence-corrected chi connectivity index (χ3v) is 3.38. The Morgan fingerprint density at radius 2 is 2.00 bits per heavy atom. The zero-order valence-electron chi connectivity index (χ0n) is 11.0. The highest BCUT2D eigenvalue weighted by Crippen LogP contribution is 2.20. The number of benzene rings is 1. The Morgan fingerprint density at radius 3 is 2.68 bits per heavy atom. The van der Waals surface area contributed by atoms with Crippen LogP contribution in [0.25, 0.3) is 11.5 Å². The largest absolute Gasteiger partial charge is 0.420 e. The topological polar surface area (TPSA) is 68.0 Å². The van der Waals surface area contributed by atoms with E-state index in [1.165, 1.54) is 11.3 Å². The third-order valence-electron chi connectivity index (χ3n) is 2.69. The Bertz CT molecular complexity index is 782. The van der Waals surface area contributed by atoms with Crippen molar-refractivity contribution in [1.29, 1.82) is 0 Å². The van der Waals surface area contributed by atoms with Crippen molar-refractivity contribution in [2.24, 2.45) is 0 Å². The molecule has 0 aliphatic heterocycles. The molecule has 1 N–H and O–H groups in total. The number of halogens is 2. The molecule has 0 saturated heterocycles. The number of rotatable bonds is 4. The van der Waals surface area contributed by atoms with Gasteiger partial charge in [0.25, 0.3) is 0 Å². The summed E-state index contributed by atoms with van der Waals surface area (Å²) in [6, 6.07) is 4.58. The van der Waals surface area contributed by atoms with Crippen LogP contribution < -0.4 is 5.32 Å².